The molecule has 6 heteroatoms. The Morgan fingerprint density at radius 1 is 1.00 bits per heavy atom. The number of nitrogens with one attached hydrogen (secondary N) is 1. The van der Waals surface area contributed by atoms with Gasteiger partial charge >= 0.3 is 0 Å². The first-order chi connectivity index (χ1) is 12.1. The number of nitro benzene ring substituents is 1. The lowest BCUT2D eigenvalue weighted by atomic mass is 9.68. The molecule has 3 unspecified atom stereocenters. The molecule has 0 aromatic heterocycles. The maximum atomic E-state index is 12.6. The van der Waals surface area contributed by atoms with Gasteiger partial charge in [-0.2, -0.15) is 0 Å². The van der Waals surface area contributed by atoms with Crippen LogP contribution in [0, 0.1) is 16.0 Å². The molecule has 6 nitrogen and oxygen atoms in total. The fraction of sp³-hybridized carbons (Fsp3) is 0.474. The third kappa shape index (κ3) is 2.70. The Labute approximate surface area is 145 Å². The average Bonchev–Trinajstić information content (AvgIpc) is 2.63. The molecule has 0 radical (unpaired) electrons. The number of fused-ring (bicyclic) bond motifs is 2. The molecular weight excluding hydrogens is 320 g/mol. The fourth-order valence-corrected chi connectivity index (χ4v) is 4.58. The summed E-state index contributed by atoms with van der Waals surface area (Å²) >= 11 is 0. The van der Waals surface area contributed by atoms with E-state index in [9.17, 15) is 19.7 Å². The van der Waals surface area contributed by atoms with Gasteiger partial charge in [-0.1, -0.05) is 12.8 Å². The largest absolute Gasteiger partial charge is 0.306 e. The lowest BCUT2D eigenvalue weighted by Crippen LogP contribution is -2.53. The lowest BCUT2D eigenvalue weighted by Gasteiger charge is -2.44. The van der Waals surface area contributed by atoms with Crippen LogP contribution < -0.4 is 5.32 Å². The molecule has 3 aliphatic rings. The van der Waals surface area contributed by atoms with Crippen molar-refractivity contribution >= 4 is 22.8 Å². The molecule has 3 atom stereocenters. The molecule has 130 valence electrons. The molecule has 1 aliphatic heterocycles. The highest BCUT2D eigenvalue weighted by molar-refractivity contribution is 6.46. The average molecular weight is 340 g/mol. The van der Waals surface area contributed by atoms with Crippen molar-refractivity contribution < 1.29 is 14.5 Å². The van der Waals surface area contributed by atoms with E-state index in [1.54, 1.807) is 12.1 Å². The van der Waals surface area contributed by atoms with E-state index in [0.29, 0.717) is 24.5 Å². The number of rotatable bonds is 2. The van der Waals surface area contributed by atoms with Crippen LogP contribution in [-0.2, 0) is 9.59 Å². The predicted octanol–water partition coefficient (Wildman–Crippen LogP) is 2.81. The molecule has 25 heavy (non-hydrogen) atoms. The van der Waals surface area contributed by atoms with Crippen LogP contribution in [0.25, 0.3) is 5.57 Å². The second kappa shape index (κ2) is 6.19. The van der Waals surface area contributed by atoms with Gasteiger partial charge in [0, 0.05) is 42.1 Å². The Balaban J connectivity index is 1.85. The fourth-order valence-electron chi connectivity index (χ4n) is 4.58. The summed E-state index contributed by atoms with van der Waals surface area (Å²) in [5.41, 5.74) is 2.42. The standard InChI is InChI=1S/C19H20N2O4/c22-16-10-9-15-18(19(16)23)17(13-3-1-2-4-14(13)20-15)11-5-7-12(8-6-11)21(24)25/h5-8,13-15,20H,1-4,9-10H2. The van der Waals surface area contributed by atoms with Crippen LogP contribution in [0.2, 0.25) is 0 Å². The van der Waals surface area contributed by atoms with Gasteiger partial charge < -0.3 is 5.32 Å². The van der Waals surface area contributed by atoms with Crippen LogP contribution in [0.3, 0.4) is 0 Å². The number of hydrogen-bond donors (Lipinski definition) is 1. The summed E-state index contributed by atoms with van der Waals surface area (Å²) in [5, 5.41) is 14.5. The SMILES string of the molecule is O=C1CCC2NC3CCCCC3C(c3ccc([N+](=O)[O-])cc3)=C2C1=O. The van der Waals surface area contributed by atoms with E-state index in [2.05, 4.69) is 5.32 Å². The first-order valence-corrected chi connectivity index (χ1v) is 8.88. The topological polar surface area (TPSA) is 89.3 Å². The molecular formula is C19H20N2O4. The summed E-state index contributed by atoms with van der Waals surface area (Å²) in [7, 11) is 0. The molecule has 0 spiro atoms. The molecule has 2 aliphatic carbocycles. The Morgan fingerprint density at radius 3 is 2.44 bits per heavy atom. The number of non-ortho nitro benzene ring substituents is 1. The zero-order valence-corrected chi connectivity index (χ0v) is 13.9. The number of hydrogen-bond acceptors (Lipinski definition) is 5. The van der Waals surface area contributed by atoms with Gasteiger partial charge in [0.2, 0.25) is 11.6 Å². The van der Waals surface area contributed by atoms with E-state index in [4.69, 9.17) is 0 Å². The van der Waals surface area contributed by atoms with Crippen molar-refractivity contribution in [2.24, 2.45) is 5.92 Å². The molecule has 2 saturated carbocycles. The first kappa shape index (κ1) is 16.1. The van der Waals surface area contributed by atoms with E-state index < -0.39 is 4.92 Å². The number of nitro groups is 1. The number of ketones is 2. The van der Waals surface area contributed by atoms with Crippen LogP contribution >= 0.6 is 0 Å². The third-order valence-electron chi connectivity index (χ3n) is 5.74. The van der Waals surface area contributed by atoms with Crippen molar-refractivity contribution in [1.29, 1.82) is 0 Å². The predicted molar refractivity (Wildman–Crippen MR) is 91.9 cm³/mol. The van der Waals surface area contributed by atoms with Crippen LogP contribution in [0.4, 0.5) is 5.69 Å². The summed E-state index contributed by atoms with van der Waals surface area (Å²) < 4.78 is 0. The van der Waals surface area contributed by atoms with Crippen molar-refractivity contribution in [2.45, 2.75) is 50.6 Å². The molecule has 1 aromatic rings. The van der Waals surface area contributed by atoms with E-state index in [0.717, 1.165) is 36.8 Å². The minimum absolute atomic E-state index is 0.0334. The quantitative estimate of drug-likeness (QED) is 0.508. The molecule has 2 fully saturated rings. The molecule has 0 amide bonds. The van der Waals surface area contributed by atoms with Gasteiger partial charge in [-0.05, 0) is 42.5 Å². The van der Waals surface area contributed by atoms with Gasteiger partial charge in [-0.3, -0.25) is 19.7 Å². The third-order valence-corrected chi connectivity index (χ3v) is 5.74. The van der Waals surface area contributed by atoms with E-state index in [-0.39, 0.29) is 29.2 Å². The summed E-state index contributed by atoms with van der Waals surface area (Å²) in [6.45, 7) is 0. The minimum Gasteiger partial charge on any atom is -0.306 e. The van der Waals surface area contributed by atoms with Crippen molar-refractivity contribution in [1.82, 2.24) is 5.32 Å². The van der Waals surface area contributed by atoms with E-state index in [1.165, 1.54) is 12.1 Å². The van der Waals surface area contributed by atoms with E-state index >= 15 is 0 Å². The molecule has 1 aromatic carbocycles. The van der Waals surface area contributed by atoms with E-state index in [1.807, 2.05) is 0 Å². The highest BCUT2D eigenvalue weighted by atomic mass is 16.6. The molecule has 1 N–H and O–H groups in total. The number of benzene rings is 1. The molecule has 0 bridgehead atoms. The Bertz CT molecular complexity index is 781. The second-order valence-corrected chi connectivity index (χ2v) is 7.14. The summed E-state index contributed by atoms with van der Waals surface area (Å²) in [6.07, 6.45) is 5.25. The molecule has 4 rings (SSSR count). The van der Waals surface area contributed by atoms with Gasteiger partial charge in [-0.25, -0.2) is 0 Å². The maximum Gasteiger partial charge on any atom is 0.269 e. The van der Waals surface area contributed by atoms with Crippen molar-refractivity contribution in [3.63, 3.8) is 0 Å². The van der Waals surface area contributed by atoms with Crippen LogP contribution in [0.15, 0.2) is 29.8 Å². The first-order valence-electron chi connectivity index (χ1n) is 8.88. The summed E-state index contributed by atoms with van der Waals surface area (Å²) in [5.74, 6) is -0.501. The molecule has 1 heterocycles. The Kier molecular flexibility index (Phi) is 4.00. The Hall–Kier alpha value is -2.34. The van der Waals surface area contributed by atoms with Crippen molar-refractivity contribution in [3.8, 4) is 0 Å². The Morgan fingerprint density at radius 2 is 1.72 bits per heavy atom. The zero-order chi connectivity index (χ0) is 17.6. The highest BCUT2D eigenvalue weighted by Gasteiger charge is 2.43. The van der Waals surface area contributed by atoms with Gasteiger partial charge in [0.1, 0.15) is 0 Å². The number of carbonyl (C=O) groups excluding carboxylic acids is 2. The minimum atomic E-state index is -0.425. The van der Waals surface area contributed by atoms with Gasteiger partial charge in [-0.15, -0.1) is 0 Å². The normalized spacial score (nSPS) is 29.2. The van der Waals surface area contributed by atoms with Crippen LogP contribution in [-0.4, -0.2) is 28.6 Å². The van der Waals surface area contributed by atoms with Gasteiger partial charge in [0.25, 0.3) is 5.69 Å². The number of carbonyl (C=O) groups is 2. The van der Waals surface area contributed by atoms with Crippen molar-refractivity contribution in [3.05, 3.63) is 45.5 Å². The zero-order valence-electron chi connectivity index (χ0n) is 13.9. The summed E-state index contributed by atoms with van der Waals surface area (Å²) in [4.78, 5) is 35.2. The highest BCUT2D eigenvalue weighted by Crippen LogP contribution is 2.44. The van der Waals surface area contributed by atoms with Gasteiger partial charge in [0.05, 0.1) is 4.92 Å². The van der Waals surface area contributed by atoms with Crippen molar-refractivity contribution in [2.75, 3.05) is 0 Å². The smallest absolute Gasteiger partial charge is 0.269 e. The van der Waals surface area contributed by atoms with Crippen LogP contribution in [0.1, 0.15) is 44.1 Å². The lowest BCUT2D eigenvalue weighted by molar-refractivity contribution is -0.384. The monoisotopic (exact) mass is 340 g/mol. The number of nitrogens with zero attached hydrogens (tertiary/aromatic N) is 1. The van der Waals surface area contributed by atoms with Crippen LogP contribution in [0.5, 0.6) is 0 Å². The van der Waals surface area contributed by atoms with Gasteiger partial charge in [0.15, 0.2) is 0 Å². The maximum absolute atomic E-state index is 12.6. The number of Topliss-reactive ketones (excluding diaryl/α,β-unsaturated/α-hetero) is 2. The summed E-state index contributed by atoms with van der Waals surface area (Å²) in [6, 6.07) is 6.64. The molecule has 0 saturated heterocycles. The second-order valence-electron chi connectivity index (χ2n) is 7.14.